The van der Waals surface area contributed by atoms with Gasteiger partial charge in [-0.25, -0.2) is 0 Å². The summed E-state index contributed by atoms with van der Waals surface area (Å²) in [5.74, 6) is 0.130. The van der Waals surface area contributed by atoms with Gasteiger partial charge < -0.3 is 4.74 Å². The van der Waals surface area contributed by atoms with Crippen molar-refractivity contribution in [1.29, 1.82) is 0 Å². The first-order chi connectivity index (χ1) is 6.36. The maximum atomic E-state index is 11.5. The van der Waals surface area contributed by atoms with E-state index in [4.69, 9.17) is 4.74 Å². The Morgan fingerprint density at radius 1 is 1.77 bits per heavy atom. The largest absolute Gasteiger partial charge is 0.370 e. The second-order valence-corrected chi connectivity index (χ2v) is 3.60. The first-order valence-electron chi connectivity index (χ1n) is 4.27. The summed E-state index contributed by atoms with van der Waals surface area (Å²) in [6, 6.07) is 0. The van der Waals surface area contributed by atoms with Crippen LogP contribution in [0, 0.1) is 0 Å². The predicted octanol–water partition coefficient (Wildman–Crippen LogP) is 0.829. The molecule has 13 heavy (non-hydrogen) atoms. The highest BCUT2D eigenvalue weighted by molar-refractivity contribution is 6.99. The fourth-order valence-corrected chi connectivity index (χ4v) is 1.82. The Hall–Kier alpha value is -0.810. The van der Waals surface area contributed by atoms with Crippen LogP contribution in [0.4, 0.5) is 0 Å². The molecule has 0 radical (unpaired) electrons. The van der Waals surface area contributed by atoms with Crippen molar-refractivity contribution in [1.82, 2.24) is 8.75 Å². The molecule has 0 aromatic carbocycles. The van der Waals surface area contributed by atoms with Gasteiger partial charge in [0.2, 0.25) is 0 Å². The van der Waals surface area contributed by atoms with Gasteiger partial charge in [-0.05, 0) is 12.8 Å². The van der Waals surface area contributed by atoms with E-state index in [1.165, 1.54) is 0 Å². The Morgan fingerprint density at radius 2 is 2.69 bits per heavy atom. The van der Waals surface area contributed by atoms with Crippen molar-refractivity contribution >= 4 is 17.5 Å². The standard InChI is InChI=1S/C8H10N2O2S/c11-7(8-2-1-3-12-8)4-6-5-9-13-10-6/h5,8H,1-4H2. The van der Waals surface area contributed by atoms with Crippen LogP contribution in [0.1, 0.15) is 18.5 Å². The molecular weight excluding hydrogens is 188 g/mol. The van der Waals surface area contributed by atoms with Crippen molar-refractivity contribution in [3.8, 4) is 0 Å². The SMILES string of the molecule is O=C(Cc1cnsn1)C1CCCO1. The van der Waals surface area contributed by atoms with E-state index >= 15 is 0 Å². The van der Waals surface area contributed by atoms with Crippen molar-refractivity contribution in [2.45, 2.75) is 25.4 Å². The van der Waals surface area contributed by atoms with Gasteiger partial charge in [-0.15, -0.1) is 0 Å². The summed E-state index contributed by atoms with van der Waals surface area (Å²) in [7, 11) is 0. The minimum absolute atomic E-state index is 0.130. The summed E-state index contributed by atoms with van der Waals surface area (Å²) in [6.45, 7) is 0.714. The number of rotatable bonds is 3. The van der Waals surface area contributed by atoms with Crippen LogP contribution in [0.5, 0.6) is 0 Å². The van der Waals surface area contributed by atoms with Crippen molar-refractivity contribution < 1.29 is 9.53 Å². The zero-order valence-corrected chi connectivity index (χ0v) is 7.92. The molecule has 1 unspecified atom stereocenters. The van der Waals surface area contributed by atoms with E-state index in [1.807, 2.05) is 0 Å². The number of carbonyl (C=O) groups excluding carboxylic acids is 1. The third-order valence-electron chi connectivity index (χ3n) is 2.05. The number of carbonyl (C=O) groups is 1. The maximum Gasteiger partial charge on any atom is 0.167 e. The van der Waals surface area contributed by atoms with E-state index < -0.39 is 0 Å². The molecule has 0 saturated carbocycles. The molecule has 1 atom stereocenters. The molecule has 0 aliphatic carbocycles. The van der Waals surface area contributed by atoms with Gasteiger partial charge in [0.1, 0.15) is 6.10 Å². The molecule has 0 bridgehead atoms. The molecule has 70 valence electrons. The van der Waals surface area contributed by atoms with Crippen LogP contribution in [-0.2, 0) is 16.0 Å². The zero-order valence-electron chi connectivity index (χ0n) is 7.10. The summed E-state index contributed by atoms with van der Waals surface area (Å²) in [5, 5.41) is 0. The van der Waals surface area contributed by atoms with E-state index in [0.29, 0.717) is 13.0 Å². The highest BCUT2D eigenvalue weighted by Gasteiger charge is 2.23. The lowest BCUT2D eigenvalue weighted by Gasteiger charge is -2.05. The lowest BCUT2D eigenvalue weighted by molar-refractivity contribution is -0.127. The Morgan fingerprint density at radius 3 is 3.31 bits per heavy atom. The number of ether oxygens (including phenoxy) is 1. The molecular formula is C8H10N2O2S. The van der Waals surface area contributed by atoms with Crippen LogP contribution in [0.3, 0.4) is 0 Å². The number of aromatic nitrogens is 2. The van der Waals surface area contributed by atoms with Crippen LogP contribution in [0.25, 0.3) is 0 Å². The lowest BCUT2D eigenvalue weighted by atomic mass is 10.1. The normalized spacial score (nSPS) is 22.0. The van der Waals surface area contributed by atoms with Crippen LogP contribution < -0.4 is 0 Å². The Kier molecular flexibility index (Phi) is 2.65. The van der Waals surface area contributed by atoms with Gasteiger partial charge in [0.15, 0.2) is 5.78 Å². The molecule has 1 aromatic heterocycles. The van der Waals surface area contributed by atoms with Crippen molar-refractivity contribution in [3.05, 3.63) is 11.9 Å². The van der Waals surface area contributed by atoms with Gasteiger partial charge in [-0.3, -0.25) is 4.79 Å². The summed E-state index contributed by atoms with van der Waals surface area (Å²) < 4.78 is 13.1. The molecule has 1 saturated heterocycles. The van der Waals surface area contributed by atoms with Crippen LogP contribution in [-0.4, -0.2) is 27.2 Å². The molecule has 0 amide bonds. The molecule has 4 nitrogen and oxygen atoms in total. The number of ketones is 1. The molecule has 2 heterocycles. The second-order valence-electron chi connectivity index (χ2n) is 3.04. The average Bonchev–Trinajstić information content (AvgIpc) is 2.74. The first kappa shape index (κ1) is 8.77. The first-order valence-corrected chi connectivity index (χ1v) is 5.00. The van der Waals surface area contributed by atoms with Gasteiger partial charge in [0.05, 0.1) is 30.0 Å². The molecule has 1 fully saturated rings. The van der Waals surface area contributed by atoms with E-state index in [1.54, 1.807) is 6.20 Å². The monoisotopic (exact) mass is 198 g/mol. The van der Waals surface area contributed by atoms with Gasteiger partial charge in [0, 0.05) is 6.61 Å². The topological polar surface area (TPSA) is 52.1 Å². The number of nitrogens with zero attached hydrogens (tertiary/aromatic N) is 2. The predicted molar refractivity (Wildman–Crippen MR) is 47.6 cm³/mol. The van der Waals surface area contributed by atoms with Crippen molar-refractivity contribution in [2.24, 2.45) is 0 Å². The number of Topliss-reactive ketones (excluding diaryl/α,β-unsaturated/α-hetero) is 1. The van der Waals surface area contributed by atoms with Crippen LogP contribution >= 0.6 is 11.7 Å². The summed E-state index contributed by atoms with van der Waals surface area (Å²) in [4.78, 5) is 11.5. The quantitative estimate of drug-likeness (QED) is 0.721. The van der Waals surface area contributed by atoms with Crippen molar-refractivity contribution in [2.75, 3.05) is 6.61 Å². The smallest absolute Gasteiger partial charge is 0.167 e. The third kappa shape index (κ3) is 2.10. The zero-order chi connectivity index (χ0) is 9.10. The Balaban J connectivity index is 1.91. The van der Waals surface area contributed by atoms with Gasteiger partial charge in [-0.2, -0.15) is 8.75 Å². The van der Waals surface area contributed by atoms with Gasteiger partial charge in [0.25, 0.3) is 0 Å². The van der Waals surface area contributed by atoms with E-state index in [-0.39, 0.29) is 11.9 Å². The molecule has 1 aliphatic rings. The fourth-order valence-electron chi connectivity index (χ4n) is 1.39. The molecule has 1 aliphatic heterocycles. The Bertz CT molecular complexity index is 280. The summed E-state index contributed by atoms with van der Waals surface area (Å²) in [6.07, 6.45) is 3.66. The van der Waals surface area contributed by atoms with Crippen molar-refractivity contribution in [3.63, 3.8) is 0 Å². The minimum atomic E-state index is -0.193. The van der Waals surface area contributed by atoms with E-state index in [2.05, 4.69) is 8.75 Å². The molecule has 0 N–H and O–H groups in total. The Labute approximate surface area is 80.3 Å². The molecule has 2 rings (SSSR count). The average molecular weight is 198 g/mol. The van der Waals surface area contributed by atoms with Gasteiger partial charge >= 0.3 is 0 Å². The van der Waals surface area contributed by atoms with Gasteiger partial charge in [-0.1, -0.05) is 0 Å². The summed E-state index contributed by atoms with van der Waals surface area (Å²) in [5.41, 5.74) is 0.755. The minimum Gasteiger partial charge on any atom is -0.370 e. The summed E-state index contributed by atoms with van der Waals surface area (Å²) >= 11 is 1.13. The van der Waals surface area contributed by atoms with E-state index in [0.717, 1.165) is 30.3 Å². The highest BCUT2D eigenvalue weighted by Crippen LogP contribution is 2.14. The molecule has 5 heteroatoms. The lowest BCUT2D eigenvalue weighted by Crippen LogP contribution is -2.21. The molecule has 0 spiro atoms. The van der Waals surface area contributed by atoms with Crippen LogP contribution in [0.15, 0.2) is 6.20 Å². The maximum absolute atomic E-state index is 11.5. The number of hydrogen-bond donors (Lipinski definition) is 0. The second kappa shape index (κ2) is 3.93. The third-order valence-corrected chi connectivity index (χ3v) is 2.57. The number of hydrogen-bond acceptors (Lipinski definition) is 5. The fraction of sp³-hybridized carbons (Fsp3) is 0.625. The highest BCUT2D eigenvalue weighted by atomic mass is 32.1. The van der Waals surface area contributed by atoms with Crippen LogP contribution in [0.2, 0.25) is 0 Å². The molecule has 1 aromatic rings. The van der Waals surface area contributed by atoms with E-state index in [9.17, 15) is 4.79 Å².